The number of hydrogen-bond acceptors (Lipinski definition) is 4. The Morgan fingerprint density at radius 1 is 1.26 bits per heavy atom. The lowest BCUT2D eigenvalue weighted by molar-refractivity contribution is 0.607. The van der Waals surface area contributed by atoms with E-state index in [9.17, 15) is 0 Å². The molecule has 1 heterocycles. The molecule has 0 spiro atoms. The lowest BCUT2D eigenvalue weighted by Crippen LogP contribution is -2.35. The van der Waals surface area contributed by atoms with Crippen molar-refractivity contribution in [2.75, 3.05) is 17.2 Å². The quantitative estimate of drug-likeness (QED) is 0.905. The highest BCUT2D eigenvalue weighted by atomic mass is 15.2. The van der Waals surface area contributed by atoms with Crippen LogP contribution in [0, 0.1) is 6.92 Å². The first-order valence-electron chi connectivity index (χ1n) is 7.45. The van der Waals surface area contributed by atoms with Crippen LogP contribution in [-0.2, 0) is 0 Å². The molecule has 0 bridgehead atoms. The Kier molecular flexibility index (Phi) is 4.27. The molecule has 1 aliphatic carbocycles. The van der Waals surface area contributed by atoms with Crippen LogP contribution < -0.4 is 10.6 Å². The van der Waals surface area contributed by atoms with Crippen LogP contribution in [0.1, 0.15) is 63.8 Å². The Bertz CT molecular complexity index is 436. The fourth-order valence-electron chi connectivity index (χ4n) is 2.87. The standard InChI is InChI=1S/C15H26N4/c1-5-19(12-8-6-7-9-12)15-11(4)13(16)17-14(18-15)10(2)3/h10,12H,5-9H2,1-4H3,(H2,16,17,18). The molecule has 1 saturated carbocycles. The van der Waals surface area contributed by atoms with Crippen molar-refractivity contribution < 1.29 is 0 Å². The molecule has 0 unspecified atom stereocenters. The average Bonchev–Trinajstić information content (AvgIpc) is 2.88. The van der Waals surface area contributed by atoms with E-state index in [0.29, 0.717) is 17.8 Å². The Balaban J connectivity index is 2.40. The molecule has 0 aromatic carbocycles. The van der Waals surface area contributed by atoms with Crippen molar-refractivity contribution in [3.63, 3.8) is 0 Å². The second-order valence-electron chi connectivity index (χ2n) is 5.79. The molecule has 1 aromatic rings. The van der Waals surface area contributed by atoms with Crippen molar-refractivity contribution in [1.29, 1.82) is 0 Å². The van der Waals surface area contributed by atoms with E-state index in [1.807, 2.05) is 6.92 Å². The summed E-state index contributed by atoms with van der Waals surface area (Å²) in [5.41, 5.74) is 7.10. The summed E-state index contributed by atoms with van der Waals surface area (Å²) in [6, 6.07) is 0.623. The maximum atomic E-state index is 6.07. The van der Waals surface area contributed by atoms with Gasteiger partial charge in [-0.25, -0.2) is 9.97 Å². The summed E-state index contributed by atoms with van der Waals surface area (Å²) in [6.45, 7) is 9.44. The third-order valence-electron chi connectivity index (χ3n) is 4.07. The highest BCUT2D eigenvalue weighted by molar-refractivity contribution is 5.57. The maximum absolute atomic E-state index is 6.07. The van der Waals surface area contributed by atoms with Crippen molar-refractivity contribution in [2.45, 2.75) is 65.3 Å². The summed E-state index contributed by atoms with van der Waals surface area (Å²) in [5.74, 6) is 2.84. The first-order chi connectivity index (χ1) is 9.04. The number of hydrogen-bond donors (Lipinski definition) is 1. The summed E-state index contributed by atoms with van der Waals surface area (Å²) in [7, 11) is 0. The monoisotopic (exact) mass is 262 g/mol. The zero-order valence-electron chi connectivity index (χ0n) is 12.6. The van der Waals surface area contributed by atoms with Gasteiger partial charge in [0.25, 0.3) is 0 Å². The highest BCUT2D eigenvalue weighted by Gasteiger charge is 2.25. The van der Waals surface area contributed by atoms with E-state index in [0.717, 1.165) is 23.8 Å². The van der Waals surface area contributed by atoms with Gasteiger partial charge in [-0.05, 0) is 26.7 Å². The lowest BCUT2D eigenvalue weighted by Gasteiger charge is -2.30. The first-order valence-corrected chi connectivity index (χ1v) is 7.45. The number of nitrogens with zero attached hydrogens (tertiary/aromatic N) is 3. The van der Waals surface area contributed by atoms with Gasteiger partial charge in [-0.2, -0.15) is 0 Å². The molecule has 2 N–H and O–H groups in total. The predicted molar refractivity (Wildman–Crippen MR) is 80.5 cm³/mol. The molecule has 0 radical (unpaired) electrons. The highest BCUT2D eigenvalue weighted by Crippen LogP contribution is 2.31. The van der Waals surface area contributed by atoms with E-state index >= 15 is 0 Å². The van der Waals surface area contributed by atoms with Crippen molar-refractivity contribution >= 4 is 11.6 Å². The summed E-state index contributed by atoms with van der Waals surface area (Å²) in [5, 5.41) is 0. The second-order valence-corrected chi connectivity index (χ2v) is 5.79. The zero-order valence-corrected chi connectivity index (χ0v) is 12.6. The van der Waals surface area contributed by atoms with Gasteiger partial charge in [0.15, 0.2) is 0 Å². The topological polar surface area (TPSA) is 55.0 Å². The smallest absolute Gasteiger partial charge is 0.137 e. The van der Waals surface area contributed by atoms with E-state index in [2.05, 4.69) is 30.7 Å². The molecular weight excluding hydrogens is 236 g/mol. The fourth-order valence-corrected chi connectivity index (χ4v) is 2.87. The zero-order chi connectivity index (χ0) is 14.0. The van der Waals surface area contributed by atoms with Gasteiger partial charge >= 0.3 is 0 Å². The summed E-state index contributed by atoms with van der Waals surface area (Å²) < 4.78 is 0. The third kappa shape index (κ3) is 2.82. The molecule has 0 amide bonds. The Hall–Kier alpha value is -1.32. The van der Waals surface area contributed by atoms with E-state index < -0.39 is 0 Å². The second kappa shape index (κ2) is 5.76. The Morgan fingerprint density at radius 2 is 1.89 bits per heavy atom. The molecule has 1 aliphatic rings. The van der Waals surface area contributed by atoms with Gasteiger partial charge < -0.3 is 10.6 Å². The predicted octanol–water partition coefficient (Wildman–Crippen LogP) is 3.26. The van der Waals surface area contributed by atoms with Crippen LogP contribution in [0.5, 0.6) is 0 Å². The SMILES string of the molecule is CCN(c1nc(C(C)C)nc(N)c1C)C1CCCC1. The molecule has 0 aliphatic heterocycles. The van der Waals surface area contributed by atoms with Gasteiger partial charge in [0.05, 0.1) is 0 Å². The molecule has 0 atom stereocenters. The number of nitrogens with two attached hydrogens (primary N) is 1. The third-order valence-corrected chi connectivity index (χ3v) is 4.07. The van der Waals surface area contributed by atoms with E-state index in [1.54, 1.807) is 0 Å². The minimum Gasteiger partial charge on any atom is -0.383 e. The van der Waals surface area contributed by atoms with Crippen LogP contribution in [0.2, 0.25) is 0 Å². The minimum atomic E-state index is 0.309. The van der Waals surface area contributed by atoms with E-state index in [-0.39, 0.29) is 0 Å². The molecule has 19 heavy (non-hydrogen) atoms. The molecule has 4 heteroatoms. The lowest BCUT2D eigenvalue weighted by atomic mass is 10.1. The van der Waals surface area contributed by atoms with Gasteiger partial charge in [-0.15, -0.1) is 0 Å². The van der Waals surface area contributed by atoms with Crippen molar-refractivity contribution in [1.82, 2.24) is 9.97 Å². The van der Waals surface area contributed by atoms with Crippen LogP contribution in [-0.4, -0.2) is 22.6 Å². The summed E-state index contributed by atoms with van der Waals surface area (Å²) in [6.07, 6.45) is 5.21. The Morgan fingerprint density at radius 3 is 2.42 bits per heavy atom. The maximum Gasteiger partial charge on any atom is 0.137 e. The van der Waals surface area contributed by atoms with E-state index in [1.165, 1.54) is 25.7 Å². The van der Waals surface area contributed by atoms with Gasteiger partial charge in [0, 0.05) is 24.1 Å². The van der Waals surface area contributed by atoms with Gasteiger partial charge in [-0.1, -0.05) is 26.7 Å². The van der Waals surface area contributed by atoms with Gasteiger partial charge in [0.2, 0.25) is 0 Å². The number of aromatic nitrogens is 2. The fraction of sp³-hybridized carbons (Fsp3) is 0.733. The van der Waals surface area contributed by atoms with Crippen molar-refractivity contribution in [3.05, 3.63) is 11.4 Å². The molecule has 106 valence electrons. The normalized spacial score (nSPS) is 16.3. The van der Waals surface area contributed by atoms with Crippen LogP contribution in [0.4, 0.5) is 11.6 Å². The van der Waals surface area contributed by atoms with Crippen LogP contribution in [0.15, 0.2) is 0 Å². The van der Waals surface area contributed by atoms with Crippen molar-refractivity contribution in [2.24, 2.45) is 0 Å². The number of nitrogen functional groups attached to an aromatic ring is 1. The molecule has 1 fully saturated rings. The largest absolute Gasteiger partial charge is 0.383 e. The van der Waals surface area contributed by atoms with Gasteiger partial charge in [0.1, 0.15) is 17.5 Å². The molecule has 0 saturated heterocycles. The average molecular weight is 262 g/mol. The molecule has 4 nitrogen and oxygen atoms in total. The first kappa shape index (κ1) is 14.1. The van der Waals surface area contributed by atoms with Crippen LogP contribution in [0.25, 0.3) is 0 Å². The molecule has 2 rings (SSSR count). The van der Waals surface area contributed by atoms with Crippen molar-refractivity contribution in [3.8, 4) is 0 Å². The van der Waals surface area contributed by atoms with Crippen LogP contribution >= 0.6 is 0 Å². The minimum absolute atomic E-state index is 0.309. The van der Waals surface area contributed by atoms with Crippen LogP contribution in [0.3, 0.4) is 0 Å². The number of rotatable bonds is 4. The summed E-state index contributed by atoms with van der Waals surface area (Å²) in [4.78, 5) is 11.6. The molecule has 1 aromatic heterocycles. The van der Waals surface area contributed by atoms with E-state index in [4.69, 9.17) is 10.7 Å². The Labute approximate surface area is 116 Å². The number of anilines is 2. The summed E-state index contributed by atoms with van der Waals surface area (Å²) >= 11 is 0. The van der Waals surface area contributed by atoms with Gasteiger partial charge in [-0.3, -0.25) is 0 Å². The molecular formula is C15H26N4.